The minimum Gasteiger partial charge on any atom is -0.360 e. The predicted molar refractivity (Wildman–Crippen MR) is 95.5 cm³/mol. The Kier molecular flexibility index (Phi) is 12.4. The Hall–Kier alpha value is -1.00. The molecule has 0 aromatic heterocycles. The molecule has 0 aliphatic heterocycles. The van der Waals surface area contributed by atoms with Crippen LogP contribution in [0.4, 0.5) is 43.9 Å². The van der Waals surface area contributed by atoms with Gasteiger partial charge in [0, 0.05) is 0 Å². The van der Waals surface area contributed by atoms with E-state index in [1.807, 2.05) is 11.7 Å². The first-order chi connectivity index (χ1) is 15.1. The lowest BCUT2D eigenvalue weighted by atomic mass is 10.2. The van der Waals surface area contributed by atoms with Crippen LogP contribution >= 0.6 is 0 Å². The highest BCUT2D eigenvalue weighted by Gasteiger charge is 2.81. The average Bonchev–Trinajstić information content (AvgIpc) is 2.63. The van der Waals surface area contributed by atoms with Crippen molar-refractivity contribution >= 4 is 20.2 Å². The van der Waals surface area contributed by atoms with E-state index >= 15 is 0 Å². The molecule has 0 aliphatic carbocycles. The van der Waals surface area contributed by atoms with Crippen molar-refractivity contribution in [1.82, 2.24) is 0 Å². The van der Waals surface area contributed by atoms with Gasteiger partial charge in [-0.3, -0.25) is 13.8 Å². The third kappa shape index (κ3) is 10.1. The van der Waals surface area contributed by atoms with E-state index in [1.54, 1.807) is 6.92 Å². The summed E-state index contributed by atoms with van der Waals surface area (Å²) < 4.78 is 196. The third-order valence-electron chi connectivity index (χ3n) is 3.67. The van der Waals surface area contributed by atoms with Gasteiger partial charge in [-0.2, -0.15) is 60.7 Å². The number of ether oxygens (including phenoxy) is 3. The molecule has 0 heterocycles. The number of hydrogen-bond acceptors (Lipinski definition) is 7. The van der Waals surface area contributed by atoms with Gasteiger partial charge in [0.1, 0.15) is 0 Å². The van der Waals surface area contributed by atoms with Crippen molar-refractivity contribution < 1.29 is 84.1 Å². The molecule has 0 aliphatic rings. The lowest BCUT2D eigenvalue weighted by Crippen LogP contribution is -2.64. The maximum atomic E-state index is 13.7. The summed E-state index contributed by atoms with van der Waals surface area (Å²) in [5.41, 5.74) is 0. The van der Waals surface area contributed by atoms with Crippen LogP contribution in [0.3, 0.4) is 0 Å². The van der Waals surface area contributed by atoms with E-state index in [0.29, 0.717) is 6.92 Å². The van der Waals surface area contributed by atoms with E-state index in [-0.39, 0.29) is 6.10 Å². The van der Waals surface area contributed by atoms with Crippen LogP contribution in [-0.2, 0) is 34.4 Å². The van der Waals surface area contributed by atoms with Gasteiger partial charge in [0.2, 0.25) is 0 Å². The van der Waals surface area contributed by atoms with Crippen LogP contribution in [0.1, 0.15) is 40.5 Å². The van der Waals surface area contributed by atoms with Crippen molar-refractivity contribution in [2.24, 2.45) is 0 Å². The number of alkyl halides is 10. The molecule has 0 rings (SSSR count). The highest BCUT2D eigenvalue weighted by Crippen LogP contribution is 2.53. The van der Waals surface area contributed by atoms with Gasteiger partial charge in [-0.25, -0.2) is 0 Å². The fraction of sp³-hybridized carbons (Fsp3) is 1.00. The van der Waals surface area contributed by atoms with E-state index in [0.717, 1.165) is 13.3 Å². The van der Waals surface area contributed by atoms with Gasteiger partial charge >= 0.3 is 39.6 Å². The van der Waals surface area contributed by atoms with Gasteiger partial charge in [0.25, 0.3) is 10.1 Å². The Labute approximate surface area is 193 Å². The molecule has 3 atom stereocenters. The summed E-state index contributed by atoms with van der Waals surface area (Å²) in [5.74, 6) is -7.50. The van der Waals surface area contributed by atoms with E-state index in [1.165, 1.54) is 0 Å². The summed E-state index contributed by atoms with van der Waals surface area (Å²) >= 11 is 0. The smallest absolute Gasteiger partial charge is 0.360 e. The first kappa shape index (κ1) is 36.2. The minimum absolute atomic E-state index is 0.123. The second-order valence-electron chi connectivity index (χ2n) is 6.64. The second kappa shape index (κ2) is 12.0. The molecule has 35 heavy (non-hydrogen) atoms. The summed E-state index contributed by atoms with van der Waals surface area (Å²) in [6, 6.07) is 0. The fourth-order valence-corrected chi connectivity index (χ4v) is 2.15. The van der Waals surface area contributed by atoms with Crippen molar-refractivity contribution in [1.29, 1.82) is 0 Å². The molecule has 0 saturated heterocycles. The van der Waals surface area contributed by atoms with Crippen LogP contribution in [0.15, 0.2) is 0 Å². The molecule has 3 unspecified atom stereocenters. The van der Waals surface area contributed by atoms with Crippen LogP contribution in [0.2, 0.25) is 0 Å². The molecule has 0 bridgehead atoms. The van der Waals surface area contributed by atoms with Crippen LogP contribution in [-0.4, -0.2) is 73.6 Å². The third-order valence-corrected chi connectivity index (χ3v) is 4.99. The highest BCUT2D eigenvalue weighted by molar-refractivity contribution is 7.87. The van der Waals surface area contributed by atoms with Crippen LogP contribution < -0.4 is 0 Å². The highest BCUT2D eigenvalue weighted by atomic mass is 32.2. The zero-order valence-electron chi connectivity index (χ0n) is 18.1. The van der Waals surface area contributed by atoms with Crippen molar-refractivity contribution in [2.75, 3.05) is 5.94 Å². The maximum absolute atomic E-state index is 13.7. The number of halogens is 10. The molecule has 21 heteroatoms. The van der Waals surface area contributed by atoms with Crippen molar-refractivity contribution in [3.05, 3.63) is 0 Å². The molecule has 0 radical (unpaired) electrons. The number of rotatable bonds is 12. The van der Waals surface area contributed by atoms with E-state index < -0.39 is 68.2 Å². The Morgan fingerprint density at radius 2 is 1.14 bits per heavy atom. The second-order valence-corrected chi connectivity index (χ2v) is 9.50. The first-order valence-corrected chi connectivity index (χ1v) is 12.0. The minimum atomic E-state index is -7.18. The quantitative estimate of drug-likeness (QED) is 0.252. The molecule has 0 aromatic rings. The zero-order valence-corrected chi connectivity index (χ0v) is 19.8. The standard InChI is InChI=1S/C9H10F10O5S.C5H12O4S/c1-3-4(2)23-7(14,15)5(10,6(11,12)13)24-8(16,17)9(18,19)25(20,21)22;1-3-5(2)9-4-10(6,7)8/h4H,3H2,1-2H3,(H,20,21,22);5H,3-4H2,1-2H3,(H,6,7,8). The molecular weight excluding hydrogens is 566 g/mol. The molecule has 0 saturated carbocycles. The van der Waals surface area contributed by atoms with Gasteiger partial charge in [-0.15, -0.1) is 0 Å². The van der Waals surface area contributed by atoms with E-state index in [2.05, 4.69) is 4.74 Å². The molecule has 0 spiro atoms. The molecule has 214 valence electrons. The monoisotopic (exact) mass is 588 g/mol. The van der Waals surface area contributed by atoms with Crippen molar-refractivity contribution in [3.63, 3.8) is 0 Å². The Morgan fingerprint density at radius 3 is 1.43 bits per heavy atom. The molecule has 2 N–H and O–H groups in total. The normalized spacial score (nSPS) is 17.7. The molecule has 9 nitrogen and oxygen atoms in total. The van der Waals surface area contributed by atoms with Gasteiger partial charge in [-0.1, -0.05) is 13.8 Å². The van der Waals surface area contributed by atoms with E-state index in [4.69, 9.17) is 13.8 Å². The summed E-state index contributed by atoms with van der Waals surface area (Å²) in [6.45, 7) is 5.33. The lowest BCUT2D eigenvalue weighted by molar-refractivity contribution is -0.516. The van der Waals surface area contributed by atoms with Crippen LogP contribution in [0.5, 0.6) is 0 Å². The fourth-order valence-electron chi connectivity index (χ4n) is 1.40. The van der Waals surface area contributed by atoms with Gasteiger partial charge in [-0.05, 0) is 26.7 Å². The van der Waals surface area contributed by atoms with Gasteiger partial charge < -0.3 is 9.47 Å². The molecule has 0 aromatic carbocycles. The van der Waals surface area contributed by atoms with Gasteiger partial charge in [0.05, 0.1) is 12.2 Å². The predicted octanol–water partition coefficient (Wildman–Crippen LogP) is 4.36. The average molecular weight is 588 g/mol. The molecule has 0 amide bonds. The van der Waals surface area contributed by atoms with E-state index in [9.17, 15) is 60.7 Å². The SMILES string of the molecule is CCC(C)OC(F)(F)C(F)(OC(F)(F)C(F)(F)S(=O)(=O)O)C(F)(F)F.CCC(C)OCS(=O)(=O)O. The molecular formula is C14H22F10O9S2. The topological polar surface area (TPSA) is 136 Å². The Balaban J connectivity index is 0. The van der Waals surface area contributed by atoms with Crippen LogP contribution in [0.25, 0.3) is 0 Å². The van der Waals surface area contributed by atoms with Crippen molar-refractivity contribution in [3.8, 4) is 0 Å². The van der Waals surface area contributed by atoms with Gasteiger partial charge in [0.15, 0.2) is 5.94 Å². The Bertz CT molecular complexity index is 877. The largest absolute Gasteiger partial charge is 0.460 e. The number of hydrogen-bond donors (Lipinski definition) is 2. The summed E-state index contributed by atoms with van der Waals surface area (Å²) in [5, 5.41) is -6.89. The van der Waals surface area contributed by atoms with Crippen LogP contribution in [0, 0.1) is 0 Å². The summed E-state index contributed by atoms with van der Waals surface area (Å²) in [7, 11) is -11.1. The maximum Gasteiger partial charge on any atom is 0.460 e. The van der Waals surface area contributed by atoms with Crippen molar-refractivity contribution in [2.45, 2.75) is 82.2 Å². The summed E-state index contributed by atoms with van der Waals surface area (Å²) in [6.07, 6.45) is -22.2. The lowest BCUT2D eigenvalue weighted by Gasteiger charge is -2.37. The first-order valence-electron chi connectivity index (χ1n) is 8.92. The zero-order chi connectivity index (χ0) is 28.9. The summed E-state index contributed by atoms with van der Waals surface area (Å²) in [4.78, 5) is 0. The Morgan fingerprint density at radius 1 is 0.743 bits per heavy atom. The molecule has 0 fully saturated rings.